The van der Waals surface area contributed by atoms with E-state index in [1.807, 2.05) is 0 Å². The average molecular weight is 206 g/mol. The first-order chi connectivity index (χ1) is 7.02. The summed E-state index contributed by atoms with van der Waals surface area (Å²) in [5.74, 6) is 0.509. The lowest BCUT2D eigenvalue weighted by Crippen LogP contribution is -2.34. The molecule has 15 heavy (non-hydrogen) atoms. The Balaban J connectivity index is 2.69. The van der Waals surface area contributed by atoms with Crippen molar-refractivity contribution in [2.75, 3.05) is 18.5 Å². The second kappa shape index (κ2) is 5.17. The first-order valence-electron chi connectivity index (χ1n) is 5.54. The minimum atomic E-state index is 0.247. The molecule has 0 radical (unpaired) electrons. The third kappa shape index (κ3) is 3.24. The lowest BCUT2D eigenvalue weighted by atomic mass is 10.0. The molecular weight excluding hydrogens is 184 g/mol. The Bertz CT molecular complexity index is 307. The number of benzene rings is 1. The Morgan fingerprint density at radius 3 is 2.40 bits per heavy atom. The molecule has 2 atom stereocenters. The van der Waals surface area contributed by atoms with Crippen LogP contribution in [0.5, 0.6) is 0 Å². The normalized spacial score (nSPS) is 14.7. The van der Waals surface area contributed by atoms with Crippen LogP contribution >= 0.6 is 0 Å². The van der Waals surface area contributed by atoms with Gasteiger partial charge in [-0.2, -0.15) is 0 Å². The van der Waals surface area contributed by atoms with E-state index in [1.165, 1.54) is 11.3 Å². The van der Waals surface area contributed by atoms with Crippen molar-refractivity contribution in [1.82, 2.24) is 0 Å². The second-order valence-electron chi connectivity index (χ2n) is 4.50. The summed E-state index contributed by atoms with van der Waals surface area (Å²) >= 11 is 0. The van der Waals surface area contributed by atoms with Gasteiger partial charge in [-0.15, -0.1) is 0 Å². The smallest absolute Gasteiger partial charge is 0.0393 e. The standard InChI is InChI=1S/C13H22N2/c1-10-7-5-6-8-13(10)15(4)9-11(2)12(3)14/h5-8,11-12H,9,14H2,1-4H3. The second-order valence-corrected chi connectivity index (χ2v) is 4.50. The van der Waals surface area contributed by atoms with E-state index in [0.29, 0.717) is 5.92 Å². The highest BCUT2D eigenvalue weighted by molar-refractivity contribution is 5.52. The maximum atomic E-state index is 5.87. The topological polar surface area (TPSA) is 29.3 Å². The molecule has 0 heterocycles. The first-order valence-corrected chi connectivity index (χ1v) is 5.54. The summed E-state index contributed by atoms with van der Waals surface area (Å²) < 4.78 is 0. The maximum absolute atomic E-state index is 5.87. The zero-order valence-electron chi connectivity index (χ0n) is 10.2. The summed E-state index contributed by atoms with van der Waals surface area (Å²) in [4.78, 5) is 2.28. The van der Waals surface area contributed by atoms with E-state index < -0.39 is 0 Å². The van der Waals surface area contributed by atoms with Crippen molar-refractivity contribution in [3.05, 3.63) is 29.8 Å². The number of nitrogens with zero attached hydrogens (tertiary/aromatic N) is 1. The van der Waals surface area contributed by atoms with E-state index in [9.17, 15) is 0 Å². The first kappa shape index (κ1) is 12.1. The van der Waals surface area contributed by atoms with Crippen LogP contribution in [0.15, 0.2) is 24.3 Å². The van der Waals surface area contributed by atoms with E-state index in [0.717, 1.165) is 6.54 Å². The molecule has 2 nitrogen and oxygen atoms in total. The monoisotopic (exact) mass is 206 g/mol. The van der Waals surface area contributed by atoms with Gasteiger partial charge in [-0.3, -0.25) is 0 Å². The molecule has 1 aromatic carbocycles. The molecule has 0 saturated carbocycles. The zero-order chi connectivity index (χ0) is 11.4. The number of para-hydroxylation sites is 1. The number of rotatable bonds is 4. The molecular formula is C13H22N2. The van der Waals surface area contributed by atoms with Crippen LogP contribution < -0.4 is 10.6 Å². The Hall–Kier alpha value is -1.02. The molecule has 0 aromatic heterocycles. The lowest BCUT2D eigenvalue weighted by molar-refractivity contribution is 0.485. The van der Waals surface area contributed by atoms with E-state index >= 15 is 0 Å². The van der Waals surface area contributed by atoms with Gasteiger partial charge in [-0.25, -0.2) is 0 Å². The quantitative estimate of drug-likeness (QED) is 0.819. The maximum Gasteiger partial charge on any atom is 0.0393 e. The van der Waals surface area contributed by atoms with Crippen LogP contribution in [-0.2, 0) is 0 Å². The van der Waals surface area contributed by atoms with Crippen molar-refractivity contribution in [2.24, 2.45) is 11.7 Å². The molecule has 0 aliphatic carbocycles. The lowest BCUT2D eigenvalue weighted by Gasteiger charge is -2.26. The van der Waals surface area contributed by atoms with Crippen LogP contribution in [-0.4, -0.2) is 19.6 Å². The van der Waals surface area contributed by atoms with E-state index in [-0.39, 0.29) is 6.04 Å². The summed E-state index contributed by atoms with van der Waals surface area (Å²) in [6.07, 6.45) is 0. The predicted octanol–water partition coefficient (Wildman–Crippen LogP) is 2.41. The summed E-state index contributed by atoms with van der Waals surface area (Å²) in [6.45, 7) is 7.40. The molecule has 2 heteroatoms. The number of nitrogens with two attached hydrogens (primary N) is 1. The Kier molecular flexibility index (Phi) is 4.15. The van der Waals surface area contributed by atoms with Crippen molar-refractivity contribution >= 4 is 5.69 Å². The minimum absolute atomic E-state index is 0.247. The van der Waals surface area contributed by atoms with Gasteiger partial charge < -0.3 is 10.6 Å². The molecule has 1 rings (SSSR count). The molecule has 2 unspecified atom stereocenters. The molecule has 0 saturated heterocycles. The highest BCUT2D eigenvalue weighted by atomic mass is 15.1. The van der Waals surface area contributed by atoms with Crippen LogP contribution in [0, 0.1) is 12.8 Å². The van der Waals surface area contributed by atoms with Gasteiger partial charge in [-0.1, -0.05) is 25.1 Å². The minimum Gasteiger partial charge on any atom is -0.374 e. The number of anilines is 1. The van der Waals surface area contributed by atoms with Crippen LogP contribution in [0.2, 0.25) is 0 Å². The number of aryl methyl sites for hydroxylation is 1. The van der Waals surface area contributed by atoms with Gasteiger partial charge >= 0.3 is 0 Å². The molecule has 2 N–H and O–H groups in total. The van der Waals surface area contributed by atoms with Crippen LogP contribution in [0.4, 0.5) is 5.69 Å². The van der Waals surface area contributed by atoms with Gasteiger partial charge in [0.1, 0.15) is 0 Å². The van der Waals surface area contributed by atoms with Gasteiger partial charge in [-0.05, 0) is 31.4 Å². The summed E-state index contributed by atoms with van der Waals surface area (Å²) in [5, 5.41) is 0. The highest BCUT2D eigenvalue weighted by Gasteiger charge is 2.11. The molecule has 0 fully saturated rings. The Morgan fingerprint density at radius 2 is 1.87 bits per heavy atom. The molecule has 0 aliphatic rings. The van der Waals surface area contributed by atoms with Crippen LogP contribution in [0.25, 0.3) is 0 Å². The fraction of sp³-hybridized carbons (Fsp3) is 0.538. The van der Waals surface area contributed by atoms with Gasteiger partial charge in [0.25, 0.3) is 0 Å². The van der Waals surface area contributed by atoms with Gasteiger partial charge in [0.05, 0.1) is 0 Å². The number of hydrogen-bond acceptors (Lipinski definition) is 2. The van der Waals surface area contributed by atoms with E-state index in [4.69, 9.17) is 5.73 Å². The molecule has 0 amide bonds. The van der Waals surface area contributed by atoms with E-state index in [1.54, 1.807) is 0 Å². The predicted molar refractivity (Wildman–Crippen MR) is 67.3 cm³/mol. The van der Waals surface area contributed by atoms with Crippen molar-refractivity contribution in [2.45, 2.75) is 26.8 Å². The average Bonchev–Trinajstić information content (AvgIpc) is 2.18. The van der Waals surface area contributed by atoms with Crippen LogP contribution in [0.3, 0.4) is 0 Å². The van der Waals surface area contributed by atoms with Gasteiger partial charge in [0.2, 0.25) is 0 Å². The van der Waals surface area contributed by atoms with Crippen molar-refractivity contribution < 1.29 is 0 Å². The summed E-state index contributed by atoms with van der Waals surface area (Å²) in [5.41, 5.74) is 8.49. The van der Waals surface area contributed by atoms with Gasteiger partial charge in [0.15, 0.2) is 0 Å². The van der Waals surface area contributed by atoms with Crippen molar-refractivity contribution in [3.8, 4) is 0 Å². The largest absolute Gasteiger partial charge is 0.374 e. The molecule has 84 valence electrons. The van der Waals surface area contributed by atoms with Crippen molar-refractivity contribution in [1.29, 1.82) is 0 Å². The zero-order valence-corrected chi connectivity index (χ0v) is 10.2. The molecule has 0 spiro atoms. The Morgan fingerprint density at radius 1 is 1.27 bits per heavy atom. The van der Waals surface area contributed by atoms with E-state index in [2.05, 4.69) is 57.0 Å². The summed E-state index contributed by atoms with van der Waals surface area (Å²) in [6, 6.07) is 8.69. The SMILES string of the molecule is Cc1ccccc1N(C)CC(C)C(C)N. The summed E-state index contributed by atoms with van der Waals surface area (Å²) in [7, 11) is 2.13. The molecule has 1 aromatic rings. The number of hydrogen-bond donors (Lipinski definition) is 1. The third-order valence-electron chi connectivity index (χ3n) is 2.99. The fourth-order valence-corrected chi connectivity index (χ4v) is 1.69. The highest BCUT2D eigenvalue weighted by Crippen LogP contribution is 2.19. The molecule has 0 bridgehead atoms. The fourth-order valence-electron chi connectivity index (χ4n) is 1.69. The molecule has 0 aliphatic heterocycles. The van der Waals surface area contributed by atoms with Gasteiger partial charge in [0, 0.05) is 25.3 Å². The van der Waals surface area contributed by atoms with Crippen molar-refractivity contribution in [3.63, 3.8) is 0 Å². The Labute approximate surface area is 93.1 Å². The third-order valence-corrected chi connectivity index (χ3v) is 2.99. The van der Waals surface area contributed by atoms with Crippen LogP contribution in [0.1, 0.15) is 19.4 Å².